The SMILES string of the molecule is CCOc1cccc(-c2nc(N)c(/C=C(\N)NSN3CCOCC3)n2-c2c(OC)cccc2OC)n1. The predicted molar refractivity (Wildman–Crippen MR) is 141 cm³/mol. The number of nitrogen functional groups attached to an aromatic ring is 1. The van der Waals surface area contributed by atoms with Crippen LogP contribution in [0.25, 0.3) is 23.3 Å². The number of benzene rings is 1. The average Bonchev–Trinajstić information content (AvgIpc) is 3.23. The minimum Gasteiger partial charge on any atom is -0.494 e. The zero-order valence-corrected chi connectivity index (χ0v) is 21.4. The number of rotatable bonds is 10. The Bertz CT molecular complexity index is 1190. The average molecular weight is 514 g/mol. The number of nitrogens with zero attached hydrogens (tertiary/aromatic N) is 4. The zero-order valence-electron chi connectivity index (χ0n) is 20.6. The van der Waals surface area contributed by atoms with Gasteiger partial charge in [0.1, 0.15) is 28.7 Å². The molecule has 36 heavy (non-hydrogen) atoms. The van der Waals surface area contributed by atoms with E-state index in [2.05, 4.69) is 19.0 Å². The topological polar surface area (TPSA) is 135 Å². The molecule has 0 amide bonds. The molecule has 4 rings (SSSR count). The Hall–Kier alpha value is -3.61. The number of hydrogen-bond acceptors (Lipinski definition) is 11. The molecule has 1 aromatic carbocycles. The highest BCUT2D eigenvalue weighted by Crippen LogP contribution is 2.38. The van der Waals surface area contributed by atoms with Gasteiger partial charge in [0.25, 0.3) is 0 Å². The number of anilines is 1. The predicted octanol–water partition coefficient (Wildman–Crippen LogP) is 2.67. The number of nitrogens with two attached hydrogens (primary N) is 2. The molecule has 0 saturated carbocycles. The standard InChI is InChI=1S/C24H31N7O4S/c1-4-35-21-10-5-7-16(27-21)24-28-23(26)17(15-20(25)29-36-30-11-13-34-14-12-30)31(24)22-18(32-2)8-6-9-19(22)33-3/h5-10,15,29H,4,11-14,25-26H2,1-3H3/b20-15+. The molecule has 1 aliphatic heterocycles. The quantitative estimate of drug-likeness (QED) is 0.345. The number of methoxy groups -OCH3 is 2. The number of hydrogen-bond donors (Lipinski definition) is 3. The van der Waals surface area contributed by atoms with Crippen molar-refractivity contribution >= 4 is 24.0 Å². The maximum absolute atomic E-state index is 6.45. The summed E-state index contributed by atoms with van der Waals surface area (Å²) in [7, 11) is 3.19. The zero-order chi connectivity index (χ0) is 25.5. The summed E-state index contributed by atoms with van der Waals surface area (Å²) in [6.45, 7) is 5.36. The molecule has 192 valence electrons. The minimum atomic E-state index is 0.266. The second-order valence-corrected chi connectivity index (χ2v) is 8.58. The summed E-state index contributed by atoms with van der Waals surface area (Å²) in [4.78, 5) is 9.29. The third kappa shape index (κ3) is 5.61. The molecule has 0 aliphatic carbocycles. The van der Waals surface area contributed by atoms with E-state index in [-0.39, 0.29) is 5.82 Å². The molecule has 11 nitrogen and oxygen atoms in total. The lowest BCUT2D eigenvalue weighted by Crippen LogP contribution is -2.34. The number of para-hydroxylation sites is 1. The van der Waals surface area contributed by atoms with Gasteiger partial charge in [-0.2, -0.15) is 0 Å². The molecular weight excluding hydrogens is 482 g/mol. The fourth-order valence-electron chi connectivity index (χ4n) is 3.74. The first-order chi connectivity index (χ1) is 17.5. The highest BCUT2D eigenvalue weighted by atomic mass is 32.2. The summed E-state index contributed by atoms with van der Waals surface area (Å²) in [5.41, 5.74) is 14.5. The Morgan fingerprint density at radius 3 is 2.47 bits per heavy atom. The molecule has 5 N–H and O–H groups in total. The van der Waals surface area contributed by atoms with Crippen molar-refractivity contribution in [1.82, 2.24) is 23.6 Å². The van der Waals surface area contributed by atoms with Crippen molar-refractivity contribution in [2.75, 3.05) is 52.9 Å². The molecule has 0 bridgehead atoms. The van der Waals surface area contributed by atoms with Gasteiger partial charge in [-0.15, -0.1) is 0 Å². The van der Waals surface area contributed by atoms with E-state index in [4.69, 9.17) is 30.4 Å². The fourth-order valence-corrected chi connectivity index (χ4v) is 4.36. The molecule has 3 aromatic rings. The van der Waals surface area contributed by atoms with Crippen molar-refractivity contribution in [1.29, 1.82) is 0 Å². The van der Waals surface area contributed by atoms with E-state index >= 15 is 0 Å². The van der Waals surface area contributed by atoms with Crippen molar-refractivity contribution in [3.63, 3.8) is 0 Å². The van der Waals surface area contributed by atoms with E-state index in [9.17, 15) is 0 Å². The van der Waals surface area contributed by atoms with Crippen LogP contribution in [0, 0.1) is 0 Å². The van der Waals surface area contributed by atoms with Gasteiger partial charge in [0, 0.05) is 37.4 Å². The van der Waals surface area contributed by atoms with Gasteiger partial charge in [0.2, 0.25) is 5.88 Å². The molecule has 3 heterocycles. The highest BCUT2D eigenvalue weighted by Gasteiger charge is 2.24. The summed E-state index contributed by atoms with van der Waals surface area (Å²) in [6.07, 6.45) is 1.73. The number of ether oxygens (including phenoxy) is 4. The van der Waals surface area contributed by atoms with Crippen LogP contribution in [0.5, 0.6) is 17.4 Å². The lowest BCUT2D eigenvalue weighted by atomic mass is 10.2. The van der Waals surface area contributed by atoms with Crippen LogP contribution < -0.4 is 30.4 Å². The molecular formula is C24H31N7O4S. The van der Waals surface area contributed by atoms with Gasteiger partial charge in [-0.05, 0) is 25.1 Å². The molecule has 1 aliphatic rings. The van der Waals surface area contributed by atoms with Crippen LogP contribution >= 0.6 is 12.1 Å². The van der Waals surface area contributed by atoms with E-state index < -0.39 is 0 Å². The van der Waals surface area contributed by atoms with E-state index in [1.54, 1.807) is 26.4 Å². The summed E-state index contributed by atoms with van der Waals surface area (Å²) >= 11 is 1.42. The number of pyridine rings is 1. The second-order valence-electron chi connectivity index (χ2n) is 7.68. The molecule has 0 unspecified atom stereocenters. The van der Waals surface area contributed by atoms with E-state index in [0.717, 1.165) is 13.1 Å². The molecule has 2 aromatic heterocycles. The van der Waals surface area contributed by atoms with Crippen molar-refractivity contribution in [3.05, 3.63) is 47.9 Å². The van der Waals surface area contributed by atoms with Gasteiger partial charge in [-0.3, -0.25) is 4.57 Å². The molecule has 0 atom stereocenters. The summed E-state index contributed by atoms with van der Waals surface area (Å²) < 4.78 is 29.5. The third-order valence-corrected chi connectivity index (χ3v) is 6.32. The van der Waals surface area contributed by atoms with Gasteiger partial charge in [0.15, 0.2) is 11.6 Å². The number of morpholine rings is 1. The molecule has 0 radical (unpaired) electrons. The molecule has 1 saturated heterocycles. The Morgan fingerprint density at radius 1 is 1.11 bits per heavy atom. The van der Waals surface area contributed by atoms with Gasteiger partial charge >= 0.3 is 0 Å². The van der Waals surface area contributed by atoms with Crippen molar-refractivity contribution in [3.8, 4) is 34.6 Å². The maximum atomic E-state index is 6.45. The first-order valence-electron chi connectivity index (χ1n) is 11.5. The van der Waals surface area contributed by atoms with Crippen LogP contribution in [0.4, 0.5) is 5.82 Å². The van der Waals surface area contributed by atoms with Crippen LogP contribution in [0.15, 0.2) is 42.2 Å². The number of imidazole rings is 1. The normalized spacial score (nSPS) is 14.5. The first-order valence-corrected chi connectivity index (χ1v) is 12.3. The first kappa shape index (κ1) is 25.5. The molecule has 0 spiro atoms. The van der Waals surface area contributed by atoms with Gasteiger partial charge in [-0.1, -0.05) is 12.1 Å². The highest BCUT2D eigenvalue weighted by molar-refractivity contribution is 7.95. The lowest BCUT2D eigenvalue weighted by Gasteiger charge is -2.25. The van der Waals surface area contributed by atoms with E-state index in [0.29, 0.717) is 65.9 Å². The van der Waals surface area contributed by atoms with Crippen molar-refractivity contribution in [2.45, 2.75) is 6.92 Å². The van der Waals surface area contributed by atoms with Crippen LogP contribution in [0.1, 0.15) is 12.6 Å². The monoisotopic (exact) mass is 513 g/mol. The Labute approximate surface area is 214 Å². The van der Waals surface area contributed by atoms with Gasteiger partial charge in [-0.25, -0.2) is 14.3 Å². The van der Waals surface area contributed by atoms with Crippen molar-refractivity contribution in [2.24, 2.45) is 5.73 Å². The van der Waals surface area contributed by atoms with Crippen LogP contribution in [-0.4, -0.2) is 66.0 Å². The number of aromatic nitrogens is 3. The summed E-state index contributed by atoms with van der Waals surface area (Å²) in [5.74, 6) is 2.76. The minimum absolute atomic E-state index is 0.266. The Morgan fingerprint density at radius 2 is 1.81 bits per heavy atom. The maximum Gasteiger partial charge on any atom is 0.213 e. The Kier molecular flexibility index (Phi) is 8.41. The smallest absolute Gasteiger partial charge is 0.213 e. The van der Waals surface area contributed by atoms with E-state index in [1.807, 2.05) is 41.8 Å². The lowest BCUT2D eigenvalue weighted by molar-refractivity contribution is 0.0771. The summed E-state index contributed by atoms with van der Waals surface area (Å²) in [6, 6.07) is 11.0. The number of nitrogens with one attached hydrogen (secondary N) is 1. The summed E-state index contributed by atoms with van der Waals surface area (Å²) in [5, 5.41) is 0. The van der Waals surface area contributed by atoms with Crippen LogP contribution in [0.2, 0.25) is 0 Å². The van der Waals surface area contributed by atoms with Gasteiger partial charge in [0.05, 0.1) is 39.7 Å². The van der Waals surface area contributed by atoms with Crippen LogP contribution in [-0.2, 0) is 4.74 Å². The molecule has 12 heteroatoms. The van der Waals surface area contributed by atoms with E-state index in [1.165, 1.54) is 12.1 Å². The second kappa shape index (κ2) is 11.9. The van der Waals surface area contributed by atoms with Crippen LogP contribution in [0.3, 0.4) is 0 Å². The largest absolute Gasteiger partial charge is 0.494 e. The molecule has 1 fully saturated rings. The van der Waals surface area contributed by atoms with Gasteiger partial charge < -0.3 is 35.1 Å². The fraction of sp³-hybridized carbons (Fsp3) is 0.333. The van der Waals surface area contributed by atoms with Crippen molar-refractivity contribution < 1.29 is 18.9 Å². The Balaban J connectivity index is 1.83. The third-order valence-electron chi connectivity index (χ3n) is 5.37.